The lowest BCUT2D eigenvalue weighted by molar-refractivity contribution is 0.0358. The molecule has 1 aliphatic rings. The van der Waals surface area contributed by atoms with E-state index in [1.807, 2.05) is 18.2 Å². The summed E-state index contributed by atoms with van der Waals surface area (Å²) < 4.78 is 11.3. The van der Waals surface area contributed by atoms with E-state index in [-0.39, 0.29) is 5.75 Å². The van der Waals surface area contributed by atoms with Gasteiger partial charge in [-0.15, -0.1) is 0 Å². The van der Waals surface area contributed by atoms with Crippen LogP contribution in [0.5, 0.6) is 11.5 Å². The van der Waals surface area contributed by atoms with E-state index in [2.05, 4.69) is 35.2 Å². The van der Waals surface area contributed by atoms with Crippen LogP contribution < -0.4 is 4.74 Å². The van der Waals surface area contributed by atoms with Gasteiger partial charge in [0.15, 0.2) is 0 Å². The van der Waals surface area contributed by atoms with Crippen LogP contribution in [0.25, 0.3) is 21.9 Å². The first-order valence-corrected chi connectivity index (χ1v) is 9.54. The Balaban J connectivity index is 1.37. The molecule has 0 amide bonds. The van der Waals surface area contributed by atoms with Crippen LogP contribution in [-0.2, 0) is 4.74 Å². The number of rotatable bonds is 6. The summed E-state index contributed by atoms with van der Waals surface area (Å²) in [6, 6.07) is 19.9. The Morgan fingerprint density at radius 3 is 2.37 bits per heavy atom. The lowest BCUT2D eigenvalue weighted by Crippen LogP contribution is -2.37. The predicted molar refractivity (Wildman–Crippen MR) is 108 cm³/mol. The van der Waals surface area contributed by atoms with Crippen LogP contribution in [0.15, 0.2) is 60.7 Å². The Labute approximate surface area is 160 Å². The van der Waals surface area contributed by atoms with Crippen LogP contribution >= 0.6 is 0 Å². The van der Waals surface area contributed by atoms with E-state index in [1.165, 1.54) is 10.8 Å². The summed E-state index contributed by atoms with van der Waals surface area (Å²) in [4.78, 5) is 2.43. The molecule has 4 rings (SSSR count). The molecule has 0 saturated carbocycles. The maximum absolute atomic E-state index is 9.45. The number of hydrogen-bond donors (Lipinski definition) is 1. The van der Waals surface area contributed by atoms with Crippen molar-refractivity contribution in [2.45, 2.75) is 6.42 Å². The summed E-state index contributed by atoms with van der Waals surface area (Å²) in [7, 11) is 0. The van der Waals surface area contributed by atoms with Gasteiger partial charge < -0.3 is 14.6 Å². The second kappa shape index (κ2) is 8.42. The van der Waals surface area contributed by atoms with Crippen molar-refractivity contribution in [2.24, 2.45) is 0 Å². The lowest BCUT2D eigenvalue weighted by Gasteiger charge is -2.26. The lowest BCUT2D eigenvalue weighted by atomic mass is 10.0. The molecular formula is C23H25NO3. The van der Waals surface area contributed by atoms with Crippen molar-refractivity contribution in [1.29, 1.82) is 0 Å². The summed E-state index contributed by atoms with van der Waals surface area (Å²) in [5.74, 6) is 1.21. The Kier molecular flexibility index (Phi) is 5.56. The molecule has 0 aliphatic carbocycles. The third-order valence-electron chi connectivity index (χ3n) is 5.00. The monoisotopic (exact) mass is 363 g/mol. The molecule has 0 radical (unpaired) electrons. The van der Waals surface area contributed by atoms with Crippen molar-refractivity contribution < 1.29 is 14.6 Å². The summed E-state index contributed by atoms with van der Waals surface area (Å²) in [6.07, 6.45) is 1.03. The number of ether oxygens (including phenoxy) is 2. The number of morpholine rings is 1. The SMILES string of the molecule is Oc1ccc(-c2ccc3cc(OCCCN4CCOCC4)ccc3c2)cc1. The molecule has 0 atom stereocenters. The first-order chi connectivity index (χ1) is 13.3. The largest absolute Gasteiger partial charge is 0.508 e. The highest BCUT2D eigenvalue weighted by Crippen LogP contribution is 2.28. The summed E-state index contributed by atoms with van der Waals surface area (Å²) in [6.45, 7) is 5.54. The fourth-order valence-electron chi connectivity index (χ4n) is 3.45. The highest BCUT2D eigenvalue weighted by Gasteiger charge is 2.09. The van der Waals surface area contributed by atoms with Gasteiger partial charge in [-0.05, 0) is 58.7 Å². The minimum atomic E-state index is 0.287. The number of phenolic OH excluding ortho intramolecular Hbond substituents is 1. The second-order valence-electron chi connectivity index (χ2n) is 6.93. The zero-order valence-electron chi connectivity index (χ0n) is 15.4. The molecule has 27 heavy (non-hydrogen) atoms. The zero-order valence-corrected chi connectivity index (χ0v) is 15.4. The first-order valence-electron chi connectivity index (χ1n) is 9.54. The maximum Gasteiger partial charge on any atom is 0.119 e. The quantitative estimate of drug-likeness (QED) is 0.663. The number of phenols is 1. The van der Waals surface area contributed by atoms with Crippen molar-refractivity contribution >= 4 is 10.8 Å². The standard InChI is InChI=1S/C23H25NO3/c25-22-7-4-18(5-8-22)19-2-3-21-17-23(9-6-20(21)16-19)27-13-1-10-24-11-14-26-15-12-24/h2-9,16-17,25H,1,10-15H2. The molecule has 3 aromatic rings. The van der Waals surface area contributed by atoms with Crippen molar-refractivity contribution in [3.05, 3.63) is 60.7 Å². The fraction of sp³-hybridized carbons (Fsp3) is 0.304. The summed E-state index contributed by atoms with van der Waals surface area (Å²) >= 11 is 0. The average molecular weight is 363 g/mol. The van der Waals surface area contributed by atoms with Gasteiger partial charge in [0, 0.05) is 19.6 Å². The number of aromatic hydroxyl groups is 1. The Morgan fingerprint density at radius 2 is 1.56 bits per heavy atom. The van der Waals surface area contributed by atoms with E-state index in [0.717, 1.165) is 62.8 Å². The molecule has 1 saturated heterocycles. The molecule has 0 bridgehead atoms. The van der Waals surface area contributed by atoms with E-state index in [0.29, 0.717) is 0 Å². The third kappa shape index (κ3) is 4.59. The van der Waals surface area contributed by atoms with Gasteiger partial charge in [-0.25, -0.2) is 0 Å². The molecule has 0 unspecified atom stereocenters. The van der Waals surface area contributed by atoms with E-state index in [4.69, 9.17) is 9.47 Å². The second-order valence-corrected chi connectivity index (χ2v) is 6.93. The van der Waals surface area contributed by atoms with Gasteiger partial charge in [-0.3, -0.25) is 4.90 Å². The number of fused-ring (bicyclic) bond motifs is 1. The van der Waals surface area contributed by atoms with Gasteiger partial charge >= 0.3 is 0 Å². The average Bonchev–Trinajstić information content (AvgIpc) is 2.72. The van der Waals surface area contributed by atoms with E-state index in [9.17, 15) is 5.11 Å². The Morgan fingerprint density at radius 1 is 0.852 bits per heavy atom. The highest BCUT2D eigenvalue weighted by molar-refractivity contribution is 5.88. The summed E-state index contributed by atoms with van der Waals surface area (Å²) in [5, 5.41) is 11.8. The van der Waals surface area contributed by atoms with Gasteiger partial charge in [0.05, 0.1) is 19.8 Å². The highest BCUT2D eigenvalue weighted by atomic mass is 16.5. The Bertz CT molecular complexity index is 886. The number of benzene rings is 3. The molecule has 1 N–H and O–H groups in total. The van der Waals surface area contributed by atoms with Crippen LogP contribution in [0.4, 0.5) is 0 Å². The predicted octanol–water partition coefficient (Wildman–Crippen LogP) is 4.31. The van der Waals surface area contributed by atoms with Gasteiger partial charge in [-0.1, -0.05) is 30.3 Å². The third-order valence-corrected chi connectivity index (χ3v) is 5.00. The van der Waals surface area contributed by atoms with Gasteiger partial charge in [-0.2, -0.15) is 0 Å². The van der Waals surface area contributed by atoms with E-state index in [1.54, 1.807) is 12.1 Å². The van der Waals surface area contributed by atoms with Gasteiger partial charge in [0.1, 0.15) is 11.5 Å². The van der Waals surface area contributed by atoms with Crippen molar-refractivity contribution in [2.75, 3.05) is 39.5 Å². The van der Waals surface area contributed by atoms with Gasteiger partial charge in [0.25, 0.3) is 0 Å². The number of hydrogen-bond acceptors (Lipinski definition) is 4. The molecule has 1 fully saturated rings. The summed E-state index contributed by atoms with van der Waals surface area (Å²) in [5.41, 5.74) is 2.24. The molecule has 1 aliphatic heterocycles. The zero-order chi connectivity index (χ0) is 18.5. The van der Waals surface area contributed by atoms with Crippen LogP contribution in [0, 0.1) is 0 Å². The molecule has 1 heterocycles. The smallest absolute Gasteiger partial charge is 0.119 e. The molecule has 3 aromatic carbocycles. The van der Waals surface area contributed by atoms with Crippen LogP contribution in [-0.4, -0.2) is 49.5 Å². The molecular weight excluding hydrogens is 338 g/mol. The normalized spacial score (nSPS) is 15.1. The topological polar surface area (TPSA) is 41.9 Å². The molecule has 0 aromatic heterocycles. The van der Waals surface area contributed by atoms with Gasteiger partial charge in [0.2, 0.25) is 0 Å². The molecule has 140 valence electrons. The van der Waals surface area contributed by atoms with E-state index >= 15 is 0 Å². The van der Waals surface area contributed by atoms with Crippen molar-refractivity contribution in [1.82, 2.24) is 4.90 Å². The van der Waals surface area contributed by atoms with Crippen molar-refractivity contribution in [3.63, 3.8) is 0 Å². The minimum Gasteiger partial charge on any atom is -0.508 e. The van der Waals surface area contributed by atoms with E-state index < -0.39 is 0 Å². The van der Waals surface area contributed by atoms with Crippen LogP contribution in [0.3, 0.4) is 0 Å². The van der Waals surface area contributed by atoms with Crippen LogP contribution in [0.2, 0.25) is 0 Å². The minimum absolute atomic E-state index is 0.287. The Hall–Kier alpha value is -2.56. The molecule has 4 nitrogen and oxygen atoms in total. The van der Waals surface area contributed by atoms with Crippen LogP contribution in [0.1, 0.15) is 6.42 Å². The molecule has 0 spiro atoms. The van der Waals surface area contributed by atoms with Crippen molar-refractivity contribution in [3.8, 4) is 22.6 Å². The number of nitrogens with zero attached hydrogens (tertiary/aromatic N) is 1. The molecule has 4 heteroatoms. The fourth-order valence-corrected chi connectivity index (χ4v) is 3.45. The maximum atomic E-state index is 9.45. The first kappa shape index (κ1) is 17.8.